The Hall–Kier alpha value is -3.06. The Balaban J connectivity index is 1.40. The van der Waals surface area contributed by atoms with E-state index in [-0.39, 0.29) is 11.8 Å². The average molecular weight is 451 g/mol. The summed E-state index contributed by atoms with van der Waals surface area (Å²) in [5.74, 6) is 1.06. The number of aliphatic hydroxyl groups is 1. The van der Waals surface area contributed by atoms with Gasteiger partial charge in [0, 0.05) is 32.1 Å². The lowest BCUT2D eigenvalue weighted by Crippen LogP contribution is -2.58. The van der Waals surface area contributed by atoms with Crippen molar-refractivity contribution in [1.82, 2.24) is 9.80 Å². The summed E-state index contributed by atoms with van der Waals surface area (Å²) >= 11 is 0. The van der Waals surface area contributed by atoms with E-state index in [0.29, 0.717) is 44.2 Å². The molecule has 0 radical (unpaired) electrons. The summed E-state index contributed by atoms with van der Waals surface area (Å²) in [6.45, 7) is 2.71. The van der Waals surface area contributed by atoms with Crippen molar-refractivity contribution in [3.63, 3.8) is 0 Å². The molecule has 1 heterocycles. The molecule has 1 atom stereocenters. The highest BCUT2D eigenvalue weighted by atomic mass is 16.5. The highest BCUT2D eigenvalue weighted by Crippen LogP contribution is 2.42. The number of carbonyl (C=O) groups excluding carboxylic acids is 1. The van der Waals surface area contributed by atoms with Crippen LogP contribution in [0.3, 0.4) is 0 Å². The molecule has 0 aromatic heterocycles. The summed E-state index contributed by atoms with van der Waals surface area (Å²) in [6.07, 6.45) is 3.87. The van der Waals surface area contributed by atoms with Crippen LogP contribution in [0.2, 0.25) is 0 Å². The summed E-state index contributed by atoms with van der Waals surface area (Å²) in [4.78, 5) is 22.0. The smallest absolute Gasteiger partial charge is 0.259 e. The number of benzene rings is 2. The molecule has 2 aliphatic rings. The van der Waals surface area contributed by atoms with Gasteiger partial charge in [-0.3, -0.25) is 4.79 Å². The Bertz CT molecular complexity index is 949. The summed E-state index contributed by atoms with van der Waals surface area (Å²) < 4.78 is 5.19. The maximum Gasteiger partial charge on any atom is 0.259 e. The molecule has 1 aliphatic carbocycles. The van der Waals surface area contributed by atoms with E-state index in [1.165, 1.54) is 0 Å². The highest BCUT2D eigenvalue weighted by molar-refractivity contribution is 5.87. The van der Waals surface area contributed by atoms with Crippen LogP contribution in [-0.4, -0.2) is 60.1 Å². The first-order valence-electron chi connectivity index (χ1n) is 11.8. The van der Waals surface area contributed by atoms with E-state index in [1.807, 2.05) is 59.5 Å². The molecule has 2 aromatic rings. The van der Waals surface area contributed by atoms with Crippen molar-refractivity contribution in [1.29, 1.82) is 0 Å². The fourth-order valence-electron chi connectivity index (χ4n) is 4.95. The SMILES string of the molecule is COc1ccc(CN=C(N)N2CCN(C(=O)C(O)(c3ccccc3)C3CCCC3)CC2)cc1. The van der Waals surface area contributed by atoms with Gasteiger partial charge in [0.2, 0.25) is 0 Å². The number of hydrogen-bond acceptors (Lipinski definition) is 4. The summed E-state index contributed by atoms with van der Waals surface area (Å²) in [6, 6.07) is 17.2. The van der Waals surface area contributed by atoms with Gasteiger partial charge in [-0.25, -0.2) is 4.99 Å². The standard InChI is InChI=1S/C26H34N4O3/c1-33-23-13-11-20(12-14-23)19-28-25(27)30-17-15-29(16-18-30)24(31)26(32,22-9-5-6-10-22)21-7-3-2-4-8-21/h2-4,7-8,11-14,22,32H,5-6,9-10,15-19H2,1H3,(H2,27,28). The number of rotatable bonds is 6. The fourth-order valence-corrected chi connectivity index (χ4v) is 4.95. The molecule has 7 heteroatoms. The minimum atomic E-state index is -1.46. The molecule has 1 saturated carbocycles. The first kappa shape index (κ1) is 23.1. The summed E-state index contributed by atoms with van der Waals surface area (Å²) in [7, 11) is 1.64. The number of nitrogens with two attached hydrogens (primary N) is 1. The molecule has 1 saturated heterocycles. The molecule has 0 bridgehead atoms. The van der Waals surface area contributed by atoms with Crippen molar-refractivity contribution in [2.45, 2.75) is 37.8 Å². The number of amides is 1. The Labute approximate surface area is 195 Å². The number of piperazine rings is 1. The minimum Gasteiger partial charge on any atom is -0.497 e. The van der Waals surface area contributed by atoms with Gasteiger partial charge in [-0.05, 0) is 36.1 Å². The van der Waals surface area contributed by atoms with Crippen molar-refractivity contribution >= 4 is 11.9 Å². The van der Waals surface area contributed by atoms with Crippen LogP contribution in [0.1, 0.15) is 36.8 Å². The first-order chi connectivity index (χ1) is 16.0. The Kier molecular flexibility index (Phi) is 7.18. The summed E-state index contributed by atoms with van der Waals surface area (Å²) in [5, 5.41) is 11.8. The van der Waals surface area contributed by atoms with Gasteiger partial charge >= 0.3 is 0 Å². The maximum atomic E-state index is 13.6. The van der Waals surface area contributed by atoms with E-state index in [9.17, 15) is 9.90 Å². The van der Waals surface area contributed by atoms with Gasteiger partial charge in [-0.1, -0.05) is 55.3 Å². The second-order valence-corrected chi connectivity index (χ2v) is 8.92. The molecule has 4 rings (SSSR count). The molecule has 1 unspecified atom stereocenters. The van der Waals surface area contributed by atoms with Crippen LogP contribution in [0.4, 0.5) is 0 Å². The molecule has 176 valence electrons. The number of carbonyl (C=O) groups is 1. The van der Waals surface area contributed by atoms with Gasteiger partial charge in [-0.15, -0.1) is 0 Å². The molecule has 33 heavy (non-hydrogen) atoms. The molecule has 7 nitrogen and oxygen atoms in total. The maximum absolute atomic E-state index is 13.6. The number of hydrogen-bond donors (Lipinski definition) is 2. The van der Waals surface area contributed by atoms with Crippen LogP contribution in [0.25, 0.3) is 0 Å². The van der Waals surface area contributed by atoms with Crippen molar-refractivity contribution in [2.24, 2.45) is 16.6 Å². The third-order valence-electron chi connectivity index (χ3n) is 6.96. The van der Waals surface area contributed by atoms with Crippen LogP contribution < -0.4 is 10.5 Å². The molecule has 3 N–H and O–H groups in total. The zero-order chi connectivity index (χ0) is 23.3. The van der Waals surface area contributed by atoms with Gasteiger partial charge in [0.1, 0.15) is 5.75 Å². The van der Waals surface area contributed by atoms with Gasteiger partial charge in [0.05, 0.1) is 13.7 Å². The number of methoxy groups -OCH3 is 1. The lowest BCUT2D eigenvalue weighted by atomic mass is 9.79. The van der Waals surface area contributed by atoms with Crippen LogP contribution in [-0.2, 0) is 16.9 Å². The largest absolute Gasteiger partial charge is 0.497 e. The third kappa shape index (κ3) is 4.98. The molecular weight excluding hydrogens is 416 g/mol. The third-order valence-corrected chi connectivity index (χ3v) is 6.96. The predicted molar refractivity (Wildman–Crippen MR) is 129 cm³/mol. The lowest BCUT2D eigenvalue weighted by molar-refractivity contribution is -0.160. The van der Waals surface area contributed by atoms with E-state index in [4.69, 9.17) is 10.5 Å². The van der Waals surface area contributed by atoms with Crippen LogP contribution in [0.5, 0.6) is 5.75 Å². The van der Waals surface area contributed by atoms with Crippen molar-refractivity contribution < 1.29 is 14.6 Å². The Morgan fingerprint density at radius 3 is 2.24 bits per heavy atom. The molecule has 0 spiro atoms. The highest BCUT2D eigenvalue weighted by Gasteiger charge is 2.48. The van der Waals surface area contributed by atoms with E-state index in [2.05, 4.69) is 4.99 Å². The fraction of sp³-hybridized carbons (Fsp3) is 0.462. The zero-order valence-corrected chi connectivity index (χ0v) is 19.3. The van der Waals surface area contributed by atoms with Crippen LogP contribution >= 0.6 is 0 Å². The van der Waals surface area contributed by atoms with E-state index in [0.717, 1.165) is 37.0 Å². The predicted octanol–water partition coefficient (Wildman–Crippen LogP) is 2.73. The van der Waals surface area contributed by atoms with Crippen molar-refractivity contribution in [3.05, 3.63) is 65.7 Å². The number of aliphatic imine (C=N–C) groups is 1. The lowest BCUT2D eigenvalue weighted by Gasteiger charge is -2.41. The second-order valence-electron chi connectivity index (χ2n) is 8.92. The van der Waals surface area contributed by atoms with E-state index in [1.54, 1.807) is 12.0 Å². The molecule has 1 amide bonds. The number of guanidine groups is 1. The van der Waals surface area contributed by atoms with Crippen LogP contribution in [0.15, 0.2) is 59.6 Å². The molecular formula is C26H34N4O3. The molecule has 2 aromatic carbocycles. The Morgan fingerprint density at radius 2 is 1.64 bits per heavy atom. The minimum absolute atomic E-state index is 0.0402. The molecule has 2 fully saturated rings. The monoisotopic (exact) mass is 450 g/mol. The average Bonchev–Trinajstić information content (AvgIpc) is 3.43. The van der Waals surface area contributed by atoms with Crippen molar-refractivity contribution in [3.8, 4) is 5.75 Å². The van der Waals surface area contributed by atoms with E-state index >= 15 is 0 Å². The Morgan fingerprint density at radius 1 is 1.03 bits per heavy atom. The second kappa shape index (κ2) is 10.3. The first-order valence-corrected chi connectivity index (χ1v) is 11.8. The van der Waals surface area contributed by atoms with E-state index < -0.39 is 5.60 Å². The van der Waals surface area contributed by atoms with Gasteiger partial charge in [0.15, 0.2) is 11.6 Å². The van der Waals surface area contributed by atoms with Gasteiger partial charge in [-0.2, -0.15) is 0 Å². The van der Waals surface area contributed by atoms with Crippen molar-refractivity contribution in [2.75, 3.05) is 33.3 Å². The van der Waals surface area contributed by atoms with Gasteiger partial charge in [0.25, 0.3) is 5.91 Å². The normalized spacial score (nSPS) is 19.4. The van der Waals surface area contributed by atoms with Crippen LogP contribution in [0, 0.1) is 5.92 Å². The summed E-state index contributed by atoms with van der Waals surface area (Å²) in [5.41, 5.74) is 6.54. The number of nitrogens with zero attached hydrogens (tertiary/aromatic N) is 3. The molecule has 1 aliphatic heterocycles. The topological polar surface area (TPSA) is 91.4 Å². The van der Waals surface area contributed by atoms with Gasteiger partial charge < -0.3 is 25.4 Å². The quantitative estimate of drug-likeness (QED) is 0.522. The zero-order valence-electron chi connectivity index (χ0n) is 19.3. The number of ether oxygens (including phenoxy) is 1.